The second-order valence-corrected chi connectivity index (χ2v) is 8.93. The summed E-state index contributed by atoms with van der Waals surface area (Å²) >= 11 is 1.72. The number of fused-ring (bicyclic) bond motifs is 1. The lowest BCUT2D eigenvalue weighted by Gasteiger charge is -2.36. The summed E-state index contributed by atoms with van der Waals surface area (Å²) in [4.78, 5) is 6.06. The zero-order valence-electron chi connectivity index (χ0n) is 17.0. The van der Waals surface area contributed by atoms with E-state index in [1.807, 2.05) is 18.2 Å². The van der Waals surface area contributed by atoms with Gasteiger partial charge in [0, 0.05) is 37.1 Å². The Kier molecular flexibility index (Phi) is 6.85. The molecule has 2 aromatic carbocycles. The van der Waals surface area contributed by atoms with Crippen LogP contribution >= 0.6 is 11.8 Å². The van der Waals surface area contributed by atoms with Gasteiger partial charge in [0.2, 0.25) is 0 Å². The van der Waals surface area contributed by atoms with Crippen LogP contribution in [0.4, 0.5) is 5.69 Å². The van der Waals surface area contributed by atoms with Crippen LogP contribution in [0.1, 0.15) is 12.8 Å². The summed E-state index contributed by atoms with van der Waals surface area (Å²) in [6.07, 6.45) is 1.61. The van der Waals surface area contributed by atoms with Crippen molar-refractivity contribution in [3.05, 3.63) is 48.5 Å². The Bertz CT molecular complexity index is 781. The van der Waals surface area contributed by atoms with Gasteiger partial charge in [0.1, 0.15) is 24.2 Å². The molecule has 2 aliphatic heterocycles. The van der Waals surface area contributed by atoms with Gasteiger partial charge in [0.05, 0.1) is 12.0 Å². The molecule has 0 radical (unpaired) electrons. The molecule has 0 aromatic heterocycles. The van der Waals surface area contributed by atoms with E-state index in [1.54, 1.807) is 18.9 Å². The van der Waals surface area contributed by atoms with E-state index in [0.717, 1.165) is 62.0 Å². The van der Waals surface area contributed by atoms with Crippen LogP contribution in [0.25, 0.3) is 0 Å². The smallest absolute Gasteiger partial charge is 0.133 e. The van der Waals surface area contributed by atoms with Crippen LogP contribution in [-0.2, 0) is 0 Å². The molecule has 1 fully saturated rings. The van der Waals surface area contributed by atoms with Crippen LogP contribution in [-0.4, -0.2) is 67.8 Å². The highest BCUT2D eigenvalue weighted by Gasteiger charge is 2.27. The average Bonchev–Trinajstić information content (AvgIpc) is 2.93. The lowest BCUT2D eigenvalue weighted by Crippen LogP contribution is -2.46. The predicted molar refractivity (Wildman–Crippen MR) is 118 cm³/mol. The molecule has 29 heavy (non-hydrogen) atoms. The molecular weight excluding hydrogens is 384 g/mol. The van der Waals surface area contributed by atoms with E-state index in [1.165, 1.54) is 5.69 Å². The number of thioether (sulfide) groups is 1. The van der Waals surface area contributed by atoms with Gasteiger partial charge in [0.25, 0.3) is 0 Å². The maximum absolute atomic E-state index is 10.5. The molecule has 2 aliphatic rings. The molecule has 2 heterocycles. The molecule has 0 saturated carbocycles. The summed E-state index contributed by atoms with van der Waals surface area (Å²) in [7, 11) is 1.67. The number of aliphatic hydroxyl groups is 1. The molecule has 4 rings (SSSR count). The van der Waals surface area contributed by atoms with Crippen molar-refractivity contribution < 1.29 is 14.6 Å². The summed E-state index contributed by atoms with van der Waals surface area (Å²) in [5.41, 5.74) is 1.32. The standard InChI is InChI=1S/C23H30N2O3S/c1-27-19-9-10-21-23(16-19)29-22(20(26)17-28-21)8-5-11-24-12-14-25(15-13-24)18-6-3-2-4-7-18/h2-4,6-7,9-10,16,20,22,26H,5,8,11-15,17H2,1H3. The topological polar surface area (TPSA) is 45.2 Å². The quantitative estimate of drug-likeness (QED) is 0.781. The fourth-order valence-corrected chi connectivity index (χ4v) is 5.26. The third-order valence-electron chi connectivity index (χ3n) is 5.72. The number of piperazine rings is 1. The number of aliphatic hydroxyl groups excluding tert-OH is 1. The highest BCUT2D eigenvalue weighted by atomic mass is 32.2. The molecule has 1 saturated heterocycles. The first-order valence-electron chi connectivity index (χ1n) is 10.4. The Morgan fingerprint density at radius 2 is 1.90 bits per heavy atom. The van der Waals surface area contributed by atoms with Crippen molar-refractivity contribution in [2.75, 3.05) is 51.3 Å². The number of anilines is 1. The molecule has 2 atom stereocenters. The highest BCUT2D eigenvalue weighted by Crippen LogP contribution is 2.40. The molecule has 0 bridgehead atoms. The number of benzene rings is 2. The maximum Gasteiger partial charge on any atom is 0.133 e. The van der Waals surface area contributed by atoms with Crippen LogP contribution in [0.5, 0.6) is 11.5 Å². The zero-order chi connectivity index (χ0) is 20.1. The van der Waals surface area contributed by atoms with Crippen LogP contribution in [0.15, 0.2) is 53.4 Å². The number of hydrogen-bond acceptors (Lipinski definition) is 6. The summed E-state index contributed by atoms with van der Waals surface area (Å²) in [5, 5.41) is 10.7. The number of hydrogen-bond donors (Lipinski definition) is 1. The number of rotatable bonds is 6. The maximum atomic E-state index is 10.5. The predicted octanol–water partition coefficient (Wildman–Crippen LogP) is 3.51. The summed E-state index contributed by atoms with van der Waals surface area (Å²) < 4.78 is 11.1. The van der Waals surface area contributed by atoms with Crippen molar-refractivity contribution in [1.29, 1.82) is 0 Å². The van der Waals surface area contributed by atoms with Crippen molar-refractivity contribution in [3.8, 4) is 11.5 Å². The molecular formula is C23H30N2O3S. The molecule has 0 spiro atoms. The molecule has 6 heteroatoms. The van der Waals surface area contributed by atoms with Crippen molar-refractivity contribution >= 4 is 17.4 Å². The van der Waals surface area contributed by atoms with Gasteiger partial charge < -0.3 is 19.5 Å². The van der Waals surface area contributed by atoms with E-state index < -0.39 is 6.10 Å². The first kappa shape index (κ1) is 20.4. The molecule has 2 aromatic rings. The molecule has 1 N–H and O–H groups in total. The van der Waals surface area contributed by atoms with E-state index >= 15 is 0 Å². The lowest BCUT2D eigenvalue weighted by atomic mass is 10.1. The largest absolute Gasteiger partial charge is 0.497 e. The molecule has 0 aliphatic carbocycles. The molecule has 156 valence electrons. The number of ether oxygens (including phenoxy) is 2. The Balaban J connectivity index is 1.26. The van der Waals surface area contributed by atoms with E-state index in [4.69, 9.17) is 9.47 Å². The van der Waals surface area contributed by atoms with Gasteiger partial charge in [-0.3, -0.25) is 4.90 Å². The minimum Gasteiger partial charge on any atom is -0.497 e. The van der Waals surface area contributed by atoms with Crippen molar-refractivity contribution in [2.45, 2.75) is 29.1 Å². The van der Waals surface area contributed by atoms with E-state index in [-0.39, 0.29) is 5.25 Å². The Labute approximate surface area is 177 Å². The molecule has 5 nitrogen and oxygen atoms in total. The monoisotopic (exact) mass is 414 g/mol. The van der Waals surface area contributed by atoms with Crippen molar-refractivity contribution in [3.63, 3.8) is 0 Å². The normalized spacial score (nSPS) is 22.5. The van der Waals surface area contributed by atoms with Gasteiger partial charge in [-0.2, -0.15) is 0 Å². The van der Waals surface area contributed by atoms with Crippen LogP contribution in [0.3, 0.4) is 0 Å². The second-order valence-electron chi connectivity index (χ2n) is 7.65. The van der Waals surface area contributed by atoms with Gasteiger partial charge in [0.15, 0.2) is 0 Å². The summed E-state index contributed by atoms with van der Waals surface area (Å²) in [6, 6.07) is 16.5. The average molecular weight is 415 g/mol. The van der Waals surface area contributed by atoms with Gasteiger partial charge in [-0.05, 0) is 49.7 Å². The Morgan fingerprint density at radius 3 is 2.66 bits per heavy atom. The number of para-hydroxylation sites is 1. The fraction of sp³-hybridized carbons (Fsp3) is 0.478. The Morgan fingerprint density at radius 1 is 1.10 bits per heavy atom. The molecule has 2 unspecified atom stereocenters. The third-order valence-corrected chi connectivity index (χ3v) is 7.15. The third kappa shape index (κ3) is 5.18. The zero-order valence-corrected chi connectivity index (χ0v) is 17.8. The van der Waals surface area contributed by atoms with E-state index in [0.29, 0.717) is 6.61 Å². The first-order chi connectivity index (χ1) is 14.2. The summed E-state index contributed by atoms with van der Waals surface area (Å²) in [5.74, 6) is 1.67. The van der Waals surface area contributed by atoms with Gasteiger partial charge in [-0.1, -0.05) is 18.2 Å². The number of nitrogens with zero attached hydrogens (tertiary/aromatic N) is 2. The lowest BCUT2D eigenvalue weighted by molar-refractivity contribution is 0.103. The van der Waals surface area contributed by atoms with Crippen LogP contribution in [0.2, 0.25) is 0 Å². The first-order valence-corrected chi connectivity index (χ1v) is 11.3. The number of methoxy groups -OCH3 is 1. The Hall–Kier alpha value is -1.89. The van der Waals surface area contributed by atoms with Gasteiger partial charge >= 0.3 is 0 Å². The van der Waals surface area contributed by atoms with E-state index in [9.17, 15) is 5.11 Å². The van der Waals surface area contributed by atoms with Crippen molar-refractivity contribution in [1.82, 2.24) is 4.90 Å². The minimum absolute atomic E-state index is 0.147. The van der Waals surface area contributed by atoms with E-state index in [2.05, 4.69) is 40.1 Å². The van der Waals surface area contributed by atoms with Gasteiger partial charge in [-0.15, -0.1) is 11.8 Å². The van der Waals surface area contributed by atoms with Crippen molar-refractivity contribution in [2.24, 2.45) is 0 Å². The highest BCUT2D eigenvalue weighted by molar-refractivity contribution is 8.00. The second kappa shape index (κ2) is 9.74. The summed E-state index contributed by atoms with van der Waals surface area (Å²) in [6.45, 7) is 5.78. The SMILES string of the molecule is COc1ccc2c(c1)SC(CCCN1CCN(c3ccccc3)CC1)C(O)CO2. The van der Waals surface area contributed by atoms with Crippen LogP contribution in [0, 0.1) is 0 Å². The molecule has 0 amide bonds. The fourth-order valence-electron chi connectivity index (χ4n) is 3.99. The van der Waals surface area contributed by atoms with Crippen LogP contribution < -0.4 is 14.4 Å². The minimum atomic E-state index is -0.451. The van der Waals surface area contributed by atoms with Gasteiger partial charge in [-0.25, -0.2) is 0 Å².